The van der Waals surface area contributed by atoms with Crippen LogP contribution in [-0.4, -0.2) is 60.4 Å². The predicted octanol–water partition coefficient (Wildman–Crippen LogP) is 2.42. The highest BCUT2D eigenvalue weighted by atomic mass is 16.5. The standard InChI is InChI=1S/C20H29NO6/c1-13(2)7-9-20(19(24)25)12-21(10-8-17(20)22)18(23)15-6-5-14(26-3)11-16(15)27-4/h5-6,11,13,17,22H,7-10,12H2,1-4H3,(H,24,25)/t17-,20-/m1/s1. The number of aliphatic carboxylic acids is 1. The number of amides is 1. The van der Waals surface area contributed by atoms with Crippen LogP contribution in [0.2, 0.25) is 0 Å². The number of methoxy groups -OCH3 is 2. The van der Waals surface area contributed by atoms with Gasteiger partial charge in [-0.1, -0.05) is 13.8 Å². The molecule has 0 aliphatic carbocycles. The zero-order valence-corrected chi connectivity index (χ0v) is 16.4. The van der Waals surface area contributed by atoms with Crippen molar-refractivity contribution >= 4 is 11.9 Å². The summed E-state index contributed by atoms with van der Waals surface area (Å²) in [6, 6.07) is 4.90. The Bertz CT molecular complexity index is 689. The van der Waals surface area contributed by atoms with Crippen LogP contribution in [0.1, 0.15) is 43.5 Å². The topological polar surface area (TPSA) is 96.3 Å². The molecule has 1 saturated heterocycles. The van der Waals surface area contributed by atoms with Gasteiger partial charge < -0.3 is 24.6 Å². The van der Waals surface area contributed by atoms with Crippen molar-refractivity contribution in [2.24, 2.45) is 11.3 Å². The van der Waals surface area contributed by atoms with Crippen molar-refractivity contribution in [1.82, 2.24) is 4.90 Å². The molecule has 7 nitrogen and oxygen atoms in total. The van der Waals surface area contributed by atoms with Crippen molar-refractivity contribution in [2.45, 2.75) is 39.2 Å². The Morgan fingerprint density at radius 1 is 1.30 bits per heavy atom. The van der Waals surface area contributed by atoms with Crippen LogP contribution in [0.4, 0.5) is 0 Å². The average molecular weight is 379 g/mol. The quantitative estimate of drug-likeness (QED) is 0.755. The van der Waals surface area contributed by atoms with Crippen LogP contribution in [0.5, 0.6) is 11.5 Å². The van der Waals surface area contributed by atoms with Crippen LogP contribution < -0.4 is 9.47 Å². The first kappa shape index (κ1) is 21.0. The Balaban J connectivity index is 2.30. The number of benzene rings is 1. The minimum absolute atomic E-state index is 0.0236. The summed E-state index contributed by atoms with van der Waals surface area (Å²) in [5.74, 6) is -0.129. The number of carbonyl (C=O) groups is 2. The van der Waals surface area contributed by atoms with Gasteiger partial charge in [-0.25, -0.2) is 0 Å². The van der Waals surface area contributed by atoms with E-state index in [9.17, 15) is 19.8 Å². The van der Waals surface area contributed by atoms with Gasteiger partial charge in [-0.2, -0.15) is 0 Å². The molecule has 0 saturated carbocycles. The lowest BCUT2D eigenvalue weighted by atomic mass is 9.72. The van der Waals surface area contributed by atoms with E-state index in [-0.39, 0.29) is 18.9 Å². The zero-order chi connectivity index (χ0) is 20.2. The Labute approximate surface area is 159 Å². The molecule has 2 N–H and O–H groups in total. The van der Waals surface area contributed by atoms with Gasteiger partial charge in [0.05, 0.1) is 25.9 Å². The second kappa shape index (κ2) is 8.61. The molecule has 1 aromatic rings. The number of aliphatic hydroxyl groups is 1. The fourth-order valence-corrected chi connectivity index (χ4v) is 3.51. The maximum atomic E-state index is 13.1. The van der Waals surface area contributed by atoms with Crippen LogP contribution in [0, 0.1) is 11.3 Å². The van der Waals surface area contributed by atoms with Crippen LogP contribution in [0.25, 0.3) is 0 Å². The SMILES string of the molecule is COc1ccc(C(=O)N2CC[C@@H](O)[C@](CCC(C)C)(C(=O)O)C2)c(OC)c1. The average Bonchev–Trinajstić information content (AvgIpc) is 2.66. The first-order valence-corrected chi connectivity index (χ1v) is 9.18. The molecule has 0 bridgehead atoms. The number of rotatable bonds is 7. The maximum Gasteiger partial charge on any atom is 0.314 e. The molecule has 2 atom stereocenters. The molecule has 1 amide bonds. The smallest absolute Gasteiger partial charge is 0.314 e. The van der Waals surface area contributed by atoms with Gasteiger partial charge in [-0.3, -0.25) is 9.59 Å². The fraction of sp³-hybridized carbons (Fsp3) is 0.600. The van der Waals surface area contributed by atoms with Gasteiger partial charge in [0.15, 0.2) is 0 Å². The van der Waals surface area contributed by atoms with Gasteiger partial charge in [-0.15, -0.1) is 0 Å². The van der Waals surface area contributed by atoms with Gasteiger partial charge in [0.1, 0.15) is 16.9 Å². The summed E-state index contributed by atoms with van der Waals surface area (Å²) in [7, 11) is 2.99. The summed E-state index contributed by atoms with van der Waals surface area (Å²) in [6.07, 6.45) is 0.242. The van der Waals surface area contributed by atoms with E-state index >= 15 is 0 Å². The Hall–Kier alpha value is -2.28. The summed E-state index contributed by atoms with van der Waals surface area (Å²) in [6.45, 7) is 4.29. The van der Waals surface area contributed by atoms with E-state index in [1.807, 2.05) is 13.8 Å². The molecule has 1 aromatic carbocycles. The molecule has 0 unspecified atom stereocenters. The Morgan fingerprint density at radius 3 is 2.56 bits per heavy atom. The minimum atomic E-state index is -1.35. The van der Waals surface area contributed by atoms with Crippen molar-refractivity contribution < 1.29 is 29.3 Å². The van der Waals surface area contributed by atoms with Gasteiger partial charge in [-0.05, 0) is 37.3 Å². The normalized spacial score (nSPS) is 22.6. The van der Waals surface area contributed by atoms with E-state index in [2.05, 4.69) is 0 Å². The van der Waals surface area contributed by atoms with Crippen LogP contribution in [0.3, 0.4) is 0 Å². The lowest BCUT2D eigenvalue weighted by molar-refractivity contribution is -0.163. The molecular weight excluding hydrogens is 350 g/mol. The number of carboxylic acids is 1. The number of carboxylic acid groups (broad SMARTS) is 1. The highest BCUT2D eigenvalue weighted by Gasteiger charge is 2.50. The fourth-order valence-electron chi connectivity index (χ4n) is 3.51. The largest absolute Gasteiger partial charge is 0.497 e. The van der Waals surface area contributed by atoms with Crippen molar-refractivity contribution in [1.29, 1.82) is 0 Å². The molecule has 27 heavy (non-hydrogen) atoms. The predicted molar refractivity (Wildman–Crippen MR) is 100 cm³/mol. The van der Waals surface area contributed by atoms with Crippen molar-refractivity contribution in [3.8, 4) is 11.5 Å². The second-order valence-electron chi connectivity index (χ2n) is 7.49. The number of hydrogen-bond acceptors (Lipinski definition) is 5. The van der Waals surface area contributed by atoms with Crippen molar-refractivity contribution in [2.75, 3.05) is 27.3 Å². The molecule has 1 heterocycles. The van der Waals surface area contributed by atoms with Crippen LogP contribution >= 0.6 is 0 Å². The van der Waals surface area contributed by atoms with Crippen molar-refractivity contribution in [3.63, 3.8) is 0 Å². The third-order valence-corrected chi connectivity index (χ3v) is 5.30. The monoisotopic (exact) mass is 379 g/mol. The van der Waals surface area contributed by atoms with E-state index in [0.717, 1.165) is 0 Å². The van der Waals surface area contributed by atoms with Gasteiger partial charge in [0, 0.05) is 19.2 Å². The molecule has 0 aromatic heterocycles. The van der Waals surface area contributed by atoms with E-state index in [4.69, 9.17) is 9.47 Å². The summed E-state index contributed by atoms with van der Waals surface area (Å²) in [4.78, 5) is 26.6. The molecule has 2 rings (SSSR count). The molecule has 1 fully saturated rings. The van der Waals surface area contributed by atoms with Gasteiger partial charge in [0.2, 0.25) is 0 Å². The summed E-state index contributed by atoms with van der Waals surface area (Å²) in [5, 5.41) is 20.4. The molecular formula is C20H29NO6. The van der Waals surface area contributed by atoms with Gasteiger partial charge >= 0.3 is 5.97 Å². The lowest BCUT2D eigenvalue weighted by Crippen LogP contribution is -2.57. The lowest BCUT2D eigenvalue weighted by Gasteiger charge is -2.43. The number of likely N-dealkylation sites (tertiary alicyclic amines) is 1. The number of aliphatic hydroxyl groups excluding tert-OH is 1. The number of carbonyl (C=O) groups excluding carboxylic acids is 1. The third-order valence-electron chi connectivity index (χ3n) is 5.30. The molecule has 7 heteroatoms. The molecule has 150 valence electrons. The number of nitrogens with zero attached hydrogens (tertiary/aromatic N) is 1. The first-order valence-electron chi connectivity index (χ1n) is 9.18. The summed E-state index contributed by atoms with van der Waals surface area (Å²) >= 11 is 0. The zero-order valence-electron chi connectivity index (χ0n) is 16.4. The van der Waals surface area contributed by atoms with Crippen LogP contribution in [-0.2, 0) is 4.79 Å². The Kier molecular flexibility index (Phi) is 6.70. The summed E-state index contributed by atoms with van der Waals surface area (Å²) < 4.78 is 10.5. The minimum Gasteiger partial charge on any atom is -0.497 e. The van der Waals surface area contributed by atoms with E-state index in [1.54, 1.807) is 18.2 Å². The Morgan fingerprint density at radius 2 is 2.00 bits per heavy atom. The number of piperidine rings is 1. The maximum absolute atomic E-state index is 13.1. The van der Waals surface area contributed by atoms with E-state index < -0.39 is 17.5 Å². The molecule has 0 spiro atoms. The second-order valence-corrected chi connectivity index (χ2v) is 7.49. The third kappa shape index (κ3) is 4.35. The van der Waals surface area contributed by atoms with Crippen molar-refractivity contribution in [3.05, 3.63) is 23.8 Å². The number of ether oxygens (including phenoxy) is 2. The highest BCUT2D eigenvalue weighted by molar-refractivity contribution is 5.97. The molecule has 1 aliphatic heterocycles. The van der Waals surface area contributed by atoms with E-state index in [1.165, 1.54) is 19.1 Å². The molecule has 1 aliphatic rings. The van der Waals surface area contributed by atoms with E-state index in [0.29, 0.717) is 42.4 Å². The van der Waals surface area contributed by atoms with Gasteiger partial charge in [0.25, 0.3) is 5.91 Å². The highest BCUT2D eigenvalue weighted by Crippen LogP contribution is 2.38. The first-order chi connectivity index (χ1) is 12.7. The number of hydrogen-bond donors (Lipinski definition) is 2. The van der Waals surface area contributed by atoms with Crippen LogP contribution in [0.15, 0.2) is 18.2 Å². The summed E-state index contributed by atoms with van der Waals surface area (Å²) in [5.41, 5.74) is -1.00. The molecule has 0 radical (unpaired) electrons.